The molecule has 0 aliphatic carbocycles. The van der Waals surface area contributed by atoms with Crippen molar-refractivity contribution in [3.63, 3.8) is 0 Å². The van der Waals surface area contributed by atoms with Crippen LogP contribution in [0.2, 0.25) is 0 Å². The predicted molar refractivity (Wildman–Crippen MR) is 78.6 cm³/mol. The van der Waals surface area contributed by atoms with Gasteiger partial charge in [0.15, 0.2) is 0 Å². The summed E-state index contributed by atoms with van der Waals surface area (Å²) in [4.78, 5) is 38.3. The van der Waals surface area contributed by atoms with Gasteiger partial charge in [0, 0.05) is 38.5 Å². The Morgan fingerprint density at radius 1 is 1.19 bits per heavy atom. The molecule has 1 N–H and O–H groups in total. The van der Waals surface area contributed by atoms with Crippen molar-refractivity contribution in [3.05, 3.63) is 0 Å². The molecule has 2 aliphatic heterocycles. The first kappa shape index (κ1) is 15.8. The third-order valence-corrected chi connectivity index (χ3v) is 4.20. The lowest BCUT2D eigenvalue weighted by Crippen LogP contribution is -2.38. The number of carbonyl (C=O) groups is 3. The second kappa shape index (κ2) is 7.43. The van der Waals surface area contributed by atoms with Gasteiger partial charge < -0.3 is 10.2 Å². The molecule has 0 aromatic rings. The summed E-state index contributed by atoms with van der Waals surface area (Å²) in [5, 5.41) is 2.92. The predicted octanol–water partition coefficient (Wildman–Crippen LogP) is 1.36. The van der Waals surface area contributed by atoms with Crippen molar-refractivity contribution < 1.29 is 14.4 Å². The fourth-order valence-corrected chi connectivity index (χ4v) is 2.88. The van der Waals surface area contributed by atoms with Gasteiger partial charge in [-0.1, -0.05) is 6.92 Å². The molecule has 1 atom stereocenters. The van der Waals surface area contributed by atoms with Crippen LogP contribution in [0, 0.1) is 5.92 Å². The van der Waals surface area contributed by atoms with E-state index in [1.807, 2.05) is 4.90 Å². The van der Waals surface area contributed by atoms with Crippen molar-refractivity contribution in [2.45, 2.75) is 45.4 Å². The van der Waals surface area contributed by atoms with E-state index in [0.29, 0.717) is 19.5 Å². The maximum Gasteiger partial charge on any atom is 0.317 e. The summed E-state index contributed by atoms with van der Waals surface area (Å²) in [6.45, 7) is 4.70. The highest BCUT2D eigenvalue weighted by atomic mass is 16.2. The van der Waals surface area contributed by atoms with Crippen LogP contribution in [0.1, 0.15) is 45.4 Å². The smallest absolute Gasteiger partial charge is 0.317 e. The number of likely N-dealkylation sites (tertiary alicyclic amines) is 2. The molecule has 6 heteroatoms. The van der Waals surface area contributed by atoms with Crippen molar-refractivity contribution >= 4 is 17.8 Å². The van der Waals surface area contributed by atoms with Gasteiger partial charge in [0.2, 0.25) is 11.8 Å². The number of unbranched alkanes of at least 4 members (excludes halogenated alkanes) is 2. The number of nitrogens with one attached hydrogen (secondary N) is 1. The van der Waals surface area contributed by atoms with Crippen LogP contribution < -0.4 is 5.32 Å². The number of carbonyl (C=O) groups excluding carboxylic acids is 3. The molecular formula is C15H25N3O3. The maximum absolute atomic E-state index is 11.7. The van der Waals surface area contributed by atoms with Gasteiger partial charge in [-0.15, -0.1) is 0 Å². The highest BCUT2D eigenvalue weighted by molar-refractivity contribution is 6.03. The van der Waals surface area contributed by atoms with Crippen molar-refractivity contribution in [1.29, 1.82) is 0 Å². The van der Waals surface area contributed by atoms with Gasteiger partial charge in [-0.25, -0.2) is 4.79 Å². The Morgan fingerprint density at radius 2 is 1.90 bits per heavy atom. The highest BCUT2D eigenvalue weighted by Gasteiger charge is 2.34. The van der Waals surface area contributed by atoms with E-state index >= 15 is 0 Å². The monoisotopic (exact) mass is 295 g/mol. The molecule has 2 heterocycles. The van der Waals surface area contributed by atoms with Gasteiger partial charge >= 0.3 is 6.03 Å². The zero-order chi connectivity index (χ0) is 15.2. The van der Waals surface area contributed by atoms with Crippen LogP contribution in [0.5, 0.6) is 0 Å². The summed E-state index contributed by atoms with van der Waals surface area (Å²) in [5.41, 5.74) is 0. The molecule has 0 aromatic heterocycles. The molecule has 0 bridgehead atoms. The topological polar surface area (TPSA) is 69.7 Å². The molecule has 6 nitrogen and oxygen atoms in total. The van der Waals surface area contributed by atoms with Crippen molar-refractivity contribution in [3.8, 4) is 0 Å². The number of hydrogen-bond donors (Lipinski definition) is 1. The SMILES string of the molecule is CC1CC(=O)N(CCCCCNC(=O)N2CCCC2)C1=O. The minimum Gasteiger partial charge on any atom is -0.338 e. The second-order valence-electron chi connectivity index (χ2n) is 5.98. The first-order chi connectivity index (χ1) is 10.1. The fraction of sp³-hybridized carbons (Fsp3) is 0.800. The number of nitrogens with zero attached hydrogens (tertiary/aromatic N) is 2. The molecule has 4 amide bonds. The Labute approximate surface area is 125 Å². The fourth-order valence-electron chi connectivity index (χ4n) is 2.88. The van der Waals surface area contributed by atoms with E-state index in [4.69, 9.17) is 0 Å². The molecule has 2 fully saturated rings. The Hall–Kier alpha value is -1.59. The molecule has 2 rings (SSSR count). The minimum absolute atomic E-state index is 0.0335. The number of hydrogen-bond acceptors (Lipinski definition) is 3. The van der Waals surface area contributed by atoms with Crippen LogP contribution in [-0.4, -0.2) is 53.8 Å². The molecule has 2 aliphatic rings. The first-order valence-electron chi connectivity index (χ1n) is 7.96. The quantitative estimate of drug-likeness (QED) is 0.594. The van der Waals surface area contributed by atoms with Gasteiger partial charge in [-0.05, 0) is 32.1 Å². The number of rotatable bonds is 6. The maximum atomic E-state index is 11.7. The average Bonchev–Trinajstić information content (AvgIpc) is 3.06. The zero-order valence-corrected chi connectivity index (χ0v) is 12.8. The van der Waals surface area contributed by atoms with E-state index in [0.717, 1.165) is 45.2 Å². The van der Waals surface area contributed by atoms with E-state index in [9.17, 15) is 14.4 Å². The lowest BCUT2D eigenvalue weighted by molar-refractivity contribution is -0.139. The van der Waals surface area contributed by atoms with Crippen LogP contribution in [-0.2, 0) is 9.59 Å². The van der Waals surface area contributed by atoms with E-state index in [2.05, 4.69) is 5.32 Å². The summed E-state index contributed by atoms with van der Waals surface area (Å²) >= 11 is 0. The van der Waals surface area contributed by atoms with Crippen molar-refractivity contribution in [2.75, 3.05) is 26.2 Å². The number of urea groups is 1. The van der Waals surface area contributed by atoms with E-state index in [1.165, 1.54) is 4.90 Å². The van der Waals surface area contributed by atoms with E-state index < -0.39 is 0 Å². The summed E-state index contributed by atoms with van der Waals surface area (Å²) in [5.74, 6) is -0.241. The standard InChI is InChI=1S/C15H25N3O3/c1-12-11-13(19)18(14(12)20)10-4-2-3-7-16-15(21)17-8-5-6-9-17/h12H,2-11H2,1H3,(H,16,21). The molecule has 0 saturated carbocycles. The second-order valence-corrected chi connectivity index (χ2v) is 5.98. The summed E-state index contributed by atoms with van der Waals surface area (Å²) < 4.78 is 0. The van der Waals surface area contributed by atoms with Gasteiger partial charge in [-0.2, -0.15) is 0 Å². The molecule has 0 aromatic carbocycles. The number of amides is 4. The van der Waals surface area contributed by atoms with Crippen LogP contribution in [0.25, 0.3) is 0 Å². The molecule has 21 heavy (non-hydrogen) atoms. The van der Waals surface area contributed by atoms with Gasteiger partial charge in [0.25, 0.3) is 0 Å². The summed E-state index contributed by atoms with van der Waals surface area (Å²) in [6, 6.07) is 0.0335. The molecule has 0 radical (unpaired) electrons. The lowest BCUT2D eigenvalue weighted by atomic mass is 10.1. The van der Waals surface area contributed by atoms with Crippen LogP contribution in [0.4, 0.5) is 4.79 Å². The van der Waals surface area contributed by atoms with Crippen LogP contribution in [0.3, 0.4) is 0 Å². The van der Waals surface area contributed by atoms with Crippen LogP contribution in [0.15, 0.2) is 0 Å². The Bertz CT molecular complexity index is 405. The molecule has 2 saturated heterocycles. The van der Waals surface area contributed by atoms with Gasteiger partial charge in [-0.3, -0.25) is 14.5 Å². The lowest BCUT2D eigenvalue weighted by Gasteiger charge is -2.16. The Kier molecular flexibility index (Phi) is 5.59. The number of imide groups is 1. The summed E-state index contributed by atoms with van der Waals surface area (Å²) in [7, 11) is 0. The minimum atomic E-state index is -0.155. The molecular weight excluding hydrogens is 270 g/mol. The zero-order valence-electron chi connectivity index (χ0n) is 12.8. The van der Waals surface area contributed by atoms with E-state index in [-0.39, 0.29) is 23.8 Å². The average molecular weight is 295 g/mol. The summed E-state index contributed by atoms with van der Waals surface area (Å²) in [6.07, 6.45) is 5.15. The van der Waals surface area contributed by atoms with Crippen LogP contribution >= 0.6 is 0 Å². The van der Waals surface area contributed by atoms with Crippen molar-refractivity contribution in [1.82, 2.24) is 15.1 Å². The third kappa shape index (κ3) is 4.19. The van der Waals surface area contributed by atoms with Crippen molar-refractivity contribution in [2.24, 2.45) is 5.92 Å². The molecule has 0 spiro atoms. The van der Waals surface area contributed by atoms with E-state index in [1.54, 1.807) is 6.92 Å². The molecule has 118 valence electrons. The highest BCUT2D eigenvalue weighted by Crippen LogP contribution is 2.19. The first-order valence-corrected chi connectivity index (χ1v) is 7.96. The normalized spacial score (nSPS) is 22.2. The van der Waals surface area contributed by atoms with Gasteiger partial charge in [0.1, 0.15) is 0 Å². The third-order valence-electron chi connectivity index (χ3n) is 4.20. The largest absolute Gasteiger partial charge is 0.338 e. The Morgan fingerprint density at radius 3 is 2.52 bits per heavy atom. The van der Waals surface area contributed by atoms with Gasteiger partial charge in [0.05, 0.1) is 0 Å². The molecule has 1 unspecified atom stereocenters. The Balaban J connectivity index is 1.53.